The fourth-order valence-corrected chi connectivity index (χ4v) is 4.98. The van der Waals surface area contributed by atoms with Gasteiger partial charge in [-0.1, -0.05) is 35.3 Å². The van der Waals surface area contributed by atoms with Crippen molar-refractivity contribution >= 4 is 41.1 Å². The number of rotatable bonds is 7. The van der Waals surface area contributed by atoms with Crippen molar-refractivity contribution in [1.82, 2.24) is 20.0 Å². The van der Waals surface area contributed by atoms with E-state index in [1.165, 1.54) is 0 Å². The lowest BCUT2D eigenvalue weighted by Gasteiger charge is -2.40. The first-order chi connectivity index (χ1) is 16.3. The van der Waals surface area contributed by atoms with Crippen molar-refractivity contribution in [3.05, 3.63) is 45.1 Å². The molecule has 1 atom stereocenters. The second-order valence-corrected chi connectivity index (χ2v) is 9.51. The number of amides is 3. The average Bonchev–Trinajstić information content (AvgIpc) is 3.66. The number of carbonyl (C=O) groups is 3. The van der Waals surface area contributed by atoms with Crippen LogP contribution in [0.1, 0.15) is 38.3 Å². The first-order valence-electron chi connectivity index (χ1n) is 11.8. The van der Waals surface area contributed by atoms with Crippen molar-refractivity contribution in [2.24, 2.45) is 5.92 Å². The SMILES string of the molecule is CCOC(=O)C1=C(CN2CCN(C(=O)C3CC3)CC2)N(CC)C(=O)N[C@H]1c1cccc(Cl)c1Cl. The van der Waals surface area contributed by atoms with Gasteiger partial charge in [0.1, 0.15) is 0 Å². The van der Waals surface area contributed by atoms with E-state index in [2.05, 4.69) is 10.2 Å². The quantitative estimate of drug-likeness (QED) is 0.570. The van der Waals surface area contributed by atoms with E-state index in [0.717, 1.165) is 12.8 Å². The molecule has 0 unspecified atom stereocenters. The number of urea groups is 1. The van der Waals surface area contributed by atoms with Crippen molar-refractivity contribution < 1.29 is 19.1 Å². The minimum Gasteiger partial charge on any atom is -0.463 e. The van der Waals surface area contributed by atoms with Crippen molar-refractivity contribution in [2.75, 3.05) is 45.9 Å². The molecule has 1 aliphatic carbocycles. The molecule has 184 valence electrons. The zero-order valence-electron chi connectivity index (χ0n) is 19.5. The number of nitrogens with one attached hydrogen (secondary N) is 1. The Bertz CT molecular complexity index is 1000. The highest BCUT2D eigenvalue weighted by atomic mass is 35.5. The number of benzene rings is 1. The maximum absolute atomic E-state index is 13.2. The van der Waals surface area contributed by atoms with Gasteiger partial charge in [-0.25, -0.2) is 9.59 Å². The Hall–Kier alpha value is -2.29. The van der Waals surface area contributed by atoms with Crippen LogP contribution in [-0.4, -0.2) is 78.5 Å². The van der Waals surface area contributed by atoms with Crippen molar-refractivity contribution in [1.29, 1.82) is 0 Å². The molecule has 0 aromatic heterocycles. The molecule has 0 bridgehead atoms. The summed E-state index contributed by atoms with van der Waals surface area (Å²) in [5.41, 5.74) is 1.48. The first kappa shape index (κ1) is 24.8. The number of ether oxygens (including phenoxy) is 1. The van der Waals surface area contributed by atoms with Crippen LogP contribution >= 0.6 is 23.2 Å². The van der Waals surface area contributed by atoms with E-state index in [4.69, 9.17) is 27.9 Å². The molecule has 2 heterocycles. The largest absolute Gasteiger partial charge is 0.463 e. The molecule has 8 nitrogen and oxygen atoms in total. The minimum absolute atomic E-state index is 0.200. The second-order valence-electron chi connectivity index (χ2n) is 8.73. The number of likely N-dealkylation sites (N-methyl/N-ethyl adjacent to an activating group) is 1. The molecule has 4 rings (SSSR count). The fourth-order valence-electron chi connectivity index (χ4n) is 4.56. The predicted molar refractivity (Wildman–Crippen MR) is 130 cm³/mol. The molecule has 34 heavy (non-hydrogen) atoms. The van der Waals surface area contributed by atoms with Crippen LogP contribution in [0.4, 0.5) is 4.79 Å². The molecule has 1 saturated carbocycles. The molecule has 1 saturated heterocycles. The fraction of sp³-hybridized carbons (Fsp3) is 0.542. The van der Waals surface area contributed by atoms with Gasteiger partial charge in [0.25, 0.3) is 0 Å². The number of hydrogen-bond donors (Lipinski definition) is 1. The summed E-state index contributed by atoms with van der Waals surface area (Å²) in [6, 6.07) is 4.05. The molecule has 2 fully saturated rings. The summed E-state index contributed by atoms with van der Waals surface area (Å²) in [6.45, 7) is 7.19. The van der Waals surface area contributed by atoms with E-state index < -0.39 is 12.0 Å². The lowest BCUT2D eigenvalue weighted by Crippen LogP contribution is -2.54. The summed E-state index contributed by atoms with van der Waals surface area (Å²) in [5, 5.41) is 3.54. The molecule has 2 aliphatic heterocycles. The number of hydrogen-bond acceptors (Lipinski definition) is 5. The van der Waals surface area contributed by atoms with Gasteiger partial charge in [-0.15, -0.1) is 0 Å². The van der Waals surface area contributed by atoms with Crippen LogP contribution in [0.5, 0.6) is 0 Å². The first-order valence-corrected chi connectivity index (χ1v) is 12.5. The summed E-state index contributed by atoms with van der Waals surface area (Å²) in [4.78, 5) is 44.4. The van der Waals surface area contributed by atoms with Crippen LogP contribution in [0.3, 0.4) is 0 Å². The van der Waals surface area contributed by atoms with Crippen LogP contribution in [0.2, 0.25) is 10.0 Å². The third-order valence-corrected chi connectivity index (χ3v) is 7.36. The van der Waals surface area contributed by atoms with Crippen molar-refractivity contribution in [3.63, 3.8) is 0 Å². The van der Waals surface area contributed by atoms with Crippen LogP contribution < -0.4 is 5.32 Å². The number of esters is 1. The van der Waals surface area contributed by atoms with E-state index in [9.17, 15) is 14.4 Å². The Balaban J connectivity index is 1.66. The van der Waals surface area contributed by atoms with Gasteiger partial charge < -0.3 is 15.0 Å². The highest BCUT2D eigenvalue weighted by molar-refractivity contribution is 6.42. The van der Waals surface area contributed by atoms with Gasteiger partial charge in [0, 0.05) is 50.9 Å². The van der Waals surface area contributed by atoms with Gasteiger partial charge in [-0.2, -0.15) is 0 Å². The molecule has 0 radical (unpaired) electrons. The maximum atomic E-state index is 13.2. The third kappa shape index (κ3) is 5.04. The number of piperazine rings is 1. The summed E-state index contributed by atoms with van der Waals surface area (Å²) in [6.07, 6.45) is 1.98. The van der Waals surface area contributed by atoms with E-state index in [1.807, 2.05) is 11.8 Å². The smallest absolute Gasteiger partial charge is 0.338 e. The van der Waals surface area contributed by atoms with Gasteiger partial charge in [-0.05, 0) is 38.3 Å². The molecule has 1 N–H and O–H groups in total. The van der Waals surface area contributed by atoms with Crippen molar-refractivity contribution in [2.45, 2.75) is 32.7 Å². The monoisotopic (exact) mass is 508 g/mol. The molecule has 3 aliphatic rings. The molecule has 1 aromatic rings. The van der Waals surface area contributed by atoms with Gasteiger partial charge in [0.05, 0.1) is 28.3 Å². The van der Waals surface area contributed by atoms with E-state index in [-0.39, 0.29) is 29.5 Å². The van der Waals surface area contributed by atoms with E-state index in [1.54, 1.807) is 30.0 Å². The highest BCUT2D eigenvalue weighted by Crippen LogP contribution is 2.38. The molecule has 0 spiro atoms. The predicted octanol–water partition coefficient (Wildman–Crippen LogP) is 3.45. The van der Waals surface area contributed by atoms with E-state index >= 15 is 0 Å². The zero-order valence-corrected chi connectivity index (χ0v) is 21.0. The average molecular weight is 509 g/mol. The molecular weight excluding hydrogens is 479 g/mol. The molecule has 3 amide bonds. The Morgan fingerprint density at radius 1 is 1.12 bits per heavy atom. The van der Waals surface area contributed by atoms with Crippen LogP contribution in [-0.2, 0) is 14.3 Å². The van der Waals surface area contributed by atoms with Crippen LogP contribution in [0, 0.1) is 5.92 Å². The number of nitrogens with zero attached hydrogens (tertiary/aromatic N) is 3. The summed E-state index contributed by atoms with van der Waals surface area (Å²) >= 11 is 12.7. The Kier molecular flexibility index (Phi) is 7.70. The van der Waals surface area contributed by atoms with Gasteiger partial charge in [0.15, 0.2) is 0 Å². The minimum atomic E-state index is -0.784. The Morgan fingerprint density at radius 2 is 1.82 bits per heavy atom. The summed E-state index contributed by atoms with van der Waals surface area (Å²) in [7, 11) is 0. The van der Waals surface area contributed by atoms with Gasteiger partial charge >= 0.3 is 12.0 Å². The molecular formula is C24H30Cl2N4O4. The molecule has 1 aromatic carbocycles. The van der Waals surface area contributed by atoms with E-state index in [0.29, 0.717) is 61.1 Å². The number of halogens is 2. The Morgan fingerprint density at radius 3 is 2.44 bits per heavy atom. The topological polar surface area (TPSA) is 82.2 Å². The zero-order chi connectivity index (χ0) is 24.4. The normalized spacial score (nSPS) is 21.5. The summed E-state index contributed by atoms with van der Waals surface area (Å²) < 4.78 is 5.41. The van der Waals surface area contributed by atoms with Crippen molar-refractivity contribution in [3.8, 4) is 0 Å². The highest BCUT2D eigenvalue weighted by Gasteiger charge is 2.40. The van der Waals surface area contributed by atoms with Gasteiger partial charge in [-0.3, -0.25) is 14.6 Å². The standard InChI is InChI=1S/C24H30Cl2N4O4/c1-3-30-18(14-28-10-12-29(13-11-28)22(31)15-8-9-15)19(23(32)34-4-2)21(27-24(30)33)16-6-5-7-17(25)20(16)26/h5-7,15,21H,3-4,8-14H2,1-2H3,(H,27,33)/t21-/m0/s1. The third-order valence-electron chi connectivity index (χ3n) is 6.53. The second kappa shape index (κ2) is 10.5. The van der Waals surface area contributed by atoms with Crippen LogP contribution in [0.15, 0.2) is 29.5 Å². The van der Waals surface area contributed by atoms with Gasteiger partial charge in [0.2, 0.25) is 5.91 Å². The number of carbonyl (C=O) groups excluding carboxylic acids is 3. The maximum Gasteiger partial charge on any atom is 0.338 e. The lowest BCUT2D eigenvalue weighted by molar-refractivity contribution is -0.139. The van der Waals surface area contributed by atoms with Crippen LogP contribution in [0.25, 0.3) is 0 Å². The Labute approximate surface area is 209 Å². The summed E-state index contributed by atoms with van der Waals surface area (Å²) in [5.74, 6) is -0.0565. The lowest BCUT2D eigenvalue weighted by atomic mass is 9.94. The molecule has 10 heteroatoms.